The number of hydrogen-bond donors (Lipinski definition) is 0. The molecule has 174 valence electrons. The number of carbonyl (C=O) groups excluding carboxylic acids is 3. The predicted octanol–water partition coefficient (Wildman–Crippen LogP) is 5.65. The molecule has 1 aromatic carbocycles. The standard InChI is InChI=1S/C24H36O7/c1-10-22(4,5)28-19(25)16-13-14-17(20(26)29-23(6,7)11-2)18(15-16)21(27)30-31-24(8,9)12-3/h13-15H,10-12H2,1-9H3. The summed E-state index contributed by atoms with van der Waals surface area (Å²) < 4.78 is 11.0. The SMILES string of the molecule is CCC(C)(C)OOC(=O)c1cc(C(=O)OC(C)(C)CC)ccc1C(=O)OC(C)(C)CC. The van der Waals surface area contributed by atoms with Gasteiger partial charge in [-0.1, -0.05) is 20.8 Å². The van der Waals surface area contributed by atoms with Gasteiger partial charge in [0.2, 0.25) is 0 Å². The second-order valence-corrected chi connectivity index (χ2v) is 9.33. The monoisotopic (exact) mass is 436 g/mol. The number of esters is 2. The maximum Gasteiger partial charge on any atom is 0.374 e. The molecule has 0 aliphatic carbocycles. The molecule has 0 amide bonds. The van der Waals surface area contributed by atoms with Crippen molar-refractivity contribution in [2.24, 2.45) is 0 Å². The number of benzene rings is 1. The lowest BCUT2D eigenvalue weighted by atomic mass is 10.0. The molecule has 0 N–H and O–H groups in total. The van der Waals surface area contributed by atoms with Gasteiger partial charge in [-0.3, -0.25) is 4.89 Å². The van der Waals surface area contributed by atoms with Gasteiger partial charge in [0.25, 0.3) is 0 Å². The summed E-state index contributed by atoms with van der Waals surface area (Å²) in [5.74, 6) is -2.20. The van der Waals surface area contributed by atoms with Crippen LogP contribution in [-0.2, 0) is 19.2 Å². The molecular weight excluding hydrogens is 400 g/mol. The Hall–Kier alpha value is -2.41. The fraction of sp³-hybridized carbons (Fsp3) is 0.625. The van der Waals surface area contributed by atoms with Crippen molar-refractivity contribution in [1.82, 2.24) is 0 Å². The lowest BCUT2D eigenvalue weighted by molar-refractivity contribution is -0.307. The minimum atomic E-state index is -0.896. The molecule has 31 heavy (non-hydrogen) atoms. The second-order valence-electron chi connectivity index (χ2n) is 9.33. The predicted molar refractivity (Wildman–Crippen MR) is 117 cm³/mol. The van der Waals surface area contributed by atoms with E-state index in [0.29, 0.717) is 19.3 Å². The van der Waals surface area contributed by atoms with Crippen molar-refractivity contribution in [3.05, 3.63) is 34.9 Å². The van der Waals surface area contributed by atoms with E-state index in [4.69, 9.17) is 19.2 Å². The zero-order valence-electron chi connectivity index (χ0n) is 20.2. The van der Waals surface area contributed by atoms with E-state index in [9.17, 15) is 14.4 Å². The highest BCUT2D eigenvalue weighted by molar-refractivity contribution is 6.05. The van der Waals surface area contributed by atoms with Crippen LogP contribution < -0.4 is 0 Å². The molecule has 0 unspecified atom stereocenters. The number of ether oxygens (including phenoxy) is 2. The quantitative estimate of drug-likeness (QED) is 0.266. The van der Waals surface area contributed by atoms with Crippen LogP contribution in [-0.4, -0.2) is 34.7 Å². The third kappa shape index (κ3) is 7.98. The lowest BCUT2D eigenvalue weighted by Crippen LogP contribution is -2.29. The van der Waals surface area contributed by atoms with E-state index < -0.39 is 34.7 Å². The molecule has 7 heteroatoms. The molecule has 0 saturated heterocycles. The summed E-state index contributed by atoms with van der Waals surface area (Å²) in [4.78, 5) is 48.4. The molecule has 7 nitrogen and oxygen atoms in total. The first-order valence-corrected chi connectivity index (χ1v) is 10.7. The third-order valence-electron chi connectivity index (χ3n) is 5.33. The van der Waals surface area contributed by atoms with Gasteiger partial charge in [0.05, 0.1) is 16.7 Å². The van der Waals surface area contributed by atoms with Crippen LogP contribution in [0.2, 0.25) is 0 Å². The fourth-order valence-corrected chi connectivity index (χ4v) is 2.03. The molecule has 0 radical (unpaired) electrons. The molecule has 1 rings (SSSR count). The first-order valence-electron chi connectivity index (χ1n) is 10.7. The van der Waals surface area contributed by atoms with E-state index in [-0.39, 0.29) is 16.7 Å². The van der Waals surface area contributed by atoms with Crippen molar-refractivity contribution in [2.75, 3.05) is 0 Å². The Kier molecular flexibility index (Phi) is 8.82. The first kappa shape index (κ1) is 26.6. The molecule has 0 saturated carbocycles. The number of hydrogen-bond acceptors (Lipinski definition) is 7. The zero-order chi connectivity index (χ0) is 24.0. The Morgan fingerprint density at radius 3 is 1.65 bits per heavy atom. The molecule has 0 aliphatic rings. The van der Waals surface area contributed by atoms with Crippen molar-refractivity contribution in [1.29, 1.82) is 0 Å². The Morgan fingerprint density at radius 2 is 1.16 bits per heavy atom. The maximum absolute atomic E-state index is 12.8. The van der Waals surface area contributed by atoms with Crippen LogP contribution in [0, 0.1) is 0 Å². The molecule has 0 fully saturated rings. The van der Waals surface area contributed by atoms with Gasteiger partial charge in [-0.2, -0.15) is 4.89 Å². The molecular formula is C24H36O7. The largest absolute Gasteiger partial charge is 0.456 e. The Bertz CT molecular complexity index is 806. The van der Waals surface area contributed by atoms with Crippen molar-refractivity contribution < 1.29 is 33.6 Å². The maximum atomic E-state index is 12.8. The van der Waals surface area contributed by atoms with Crippen LogP contribution in [0.3, 0.4) is 0 Å². The van der Waals surface area contributed by atoms with E-state index in [0.717, 1.165) is 0 Å². The first-order chi connectivity index (χ1) is 14.2. The van der Waals surface area contributed by atoms with Gasteiger partial charge in [-0.25, -0.2) is 14.4 Å². The Morgan fingerprint density at radius 1 is 0.677 bits per heavy atom. The Labute approximate surface area is 185 Å². The summed E-state index contributed by atoms with van der Waals surface area (Å²) in [5, 5.41) is 0. The number of carbonyl (C=O) groups is 3. The summed E-state index contributed by atoms with van der Waals surface area (Å²) in [7, 11) is 0. The van der Waals surface area contributed by atoms with Gasteiger partial charge in [-0.15, -0.1) is 0 Å². The smallest absolute Gasteiger partial charge is 0.374 e. The van der Waals surface area contributed by atoms with Crippen LogP contribution in [0.15, 0.2) is 18.2 Å². The minimum absolute atomic E-state index is 0.0178. The average molecular weight is 437 g/mol. The normalized spacial score (nSPS) is 12.3. The van der Waals surface area contributed by atoms with Crippen LogP contribution >= 0.6 is 0 Å². The highest BCUT2D eigenvalue weighted by Gasteiger charge is 2.29. The van der Waals surface area contributed by atoms with E-state index in [1.165, 1.54) is 18.2 Å². The van der Waals surface area contributed by atoms with Crippen molar-refractivity contribution in [3.8, 4) is 0 Å². The molecule has 0 aromatic heterocycles. The summed E-state index contributed by atoms with van der Waals surface area (Å²) >= 11 is 0. The van der Waals surface area contributed by atoms with Gasteiger partial charge in [0.15, 0.2) is 0 Å². The summed E-state index contributed by atoms with van der Waals surface area (Å²) in [6.45, 7) is 16.3. The molecule has 0 heterocycles. The van der Waals surface area contributed by atoms with Crippen molar-refractivity contribution >= 4 is 17.9 Å². The number of rotatable bonds is 10. The summed E-state index contributed by atoms with van der Waals surface area (Å²) in [6, 6.07) is 4.07. The van der Waals surface area contributed by atoms with Crippen LogP contribution in [0.5, 0.6) is 0 Å². The fourth-order valence-electron chi connectivity index (χ4n) is 2.03. The minimum Gasteiger partial charge on any atom is -0.456 e. The molecule has 0 atom stereocenters. The van der Waals surface area contributed by atoms with Gasteiger partial charge in [-0.05, 0) is 79.0 Å². The van der Waals surface area contributed by atoms with Crippen LogP contribution in [0.25, 0.3) is 0 Å². The lowest BCUT2D eigenvalue weighted by Gasteiger charge is -2.25. The molecule has 0 bridgehead atoms. The van der Waals surface area contributed by atoms with E-state index >= 15 is 0 Å². The van der Waals surface area contributed by atoms with Gasteiger partial charge in [0.1, 0.15) is 16.8 Å². The van der Waals surface area contributed by atoms with Crippen LogP contribution in [0.1, 0.15) is 113 Å². The van der Waals surface area contributed by atoms with E-state index in [1.54, 1.807) is 41.5 Å². The zero-order valence-corrected chi connectivity index (χ0v) is 20.2. The molecule has 0 aliphatic heterocycles. The average Bonchev–Trinajstić information content (AvgIpc) is 2.71. The van der Waals surface area contributed by atoms with Crippen molar-refractivity contribution in [2.45, 2.75) is 98.4 Å². The third-order valence-corrected chi connectivity index (χ3v) is 5.33. The van der Waals surface area contributed by atoms with Gasteiger partial charge >= 0.3 is 17.9 Å². The van der Waals surface area contributed by atoms with E-state index in [2.05, 4.69) is 0 Å². The molecule has 1 aromatic rings. The highest BCUT2D eigenvalue weighted by atomic mass is 17.2. The van der Waals surface area contributed by atoms with Gasteiger partial charge in [0, 0.05) is 0 Å². The summed E-state index contributed by atoms with van der Waals surface area (Å²) in [5.41, 5.74) is -2.13. The van der Waals surface area contributed by atoms with Crippen molar-refractivity contribution in [3.63, 3.8) is 0 Å². The van der Waals surface area contributed by atoms with Gasteiger partial charge < -0.3 is 9.47 Å². The molecule has 0 spiro atoms. The second kappa shape index (κ2) is 10.3. The highest BCUT2D eigenvalue weighted by Crippen LogP contribution is 2.23. The summed E-state index contributed by atoms with van der Waals surface area (Å²) in [6.07, 6.45) is 1.80. The van der Waals surface area contributed by atoms with E-state index in [1.807, 2.05) is 20.8 Å². The van der Waals surface area contributed by atoms with Crippen LogP contribution in [0.4, 0.5) is 0 Å². The topological polar surface area (TPSA) is 88.1 Å². The Balaban J connectivity index is 3.32.